The lowest BCUT2D eigenvalue weighted by molar-refractivity contribution is -0.136. The first-order valence-electron chi connectivity index (χ1n) is 10.4. The van der Waals surface area contributed by atoms with Gasteiger partial charge in [0.1, 0.15) is 0 Å². The Hall–Kier alpha value is -2.88. The van der Waals surface area contributed by atoms with E-state index in [0.29, 0.717) is 0 Å². The molecule has 1 saturated carbocycles. The van der Waals surface area contributed by atoms with Crippen LogP contribution in [0.5, 0.6) is 0 Å². The molecule has 0 spiro atoms. The Labute approximate surface area is 172 Å². The number of hydrogen-bond donors (Lipinski definition) is 2. The molecule has 0 saturated heterocycles. The van der Waals surface area contributed by atoms with E-state index in [0.717, 1.165) is 17.5 Å². The second kappa shape index (κ2) is 8.24. The van der Waals surface area contributed by atoms with Crippen molar-refractivity contribution in [1.82, 2.24) is 10.6 Å². The first-order chi connectivity index (χ1) is 14.0. The highest BCUT2D eigenvalue weighted by atomic mass is 16.2. The first-order valence-corrected chi connectivity index (χ1v) is 10.4. The molecule has 0 aliphatic heterocycles. The van der Waals surface area contributed by atoms with Gasteiger partial charge in [0.25, 0.3) is 0 Å². The predicted octanol–water partition coefficient (Wildman–Crippen LogP) is 4.18. The van der Waals surface area contributed by atoms with Crippen LogP contribution < -0.4 is 10.6 Å². The second-order valence-electron chi connectivity index (χ2n) is 8.28. The summed E-state index contributed by atoms with van der Waals surface area (Å²) in [6.45, 7) is 3.98. The van der Waals surface area contributed by atoms with Crippen LogP contribution in [0.25, 0.3) is 0 Å². The monoisotopic (exact) mass is 388 g/mol. The van der Waals surface area contributed by atoms with Gasteiger partial charge in [-0.3, -0.25) is 9.59 Å². The molecule has 1 fully saturated rings. The number of nitrogens with one attached hydrogen (secondary N) is 2. The van der Waals surface area contributed by atoms with Gasteiger partial charge in [-0.15, -0.1) is 0 Å². The van der Waals surface area contributed by atoms with Crippen molar-refractivity contribution in [3.05, 3.63) is 83.9 Å². The molecule has 4 rings (SSSR count). The van der Waals surface area contributed by atoms with Gasteiger partial charge >= 0.3 is 0 Å². The minimum Gasteiger partial charge on any atom is -0.349 e. The van der Waals surface area contributed by atoms with Crippen molar-refractivity contribution in [2.75, 3.05) is 0 Å². The zero-order chi connectivity index (χ0) is 20.4. The smallest absolute Gasteiger partial charge is 0.225 e. The summed E-state index contributed by atoms with van der Waals surface area (Å²) in [5.74, 6) is -0.369. The molecule has 4 heteroatoms. The van der Waals surface area contributed by atoms with E-state index < -0.39 is 0 Å². The van der Waals surface area contributed by atoms with Crippen LogP contribution >= 0.6 is 0 Å². The minimum atomic E-state index is -0.306. The number of hydrogen-bond acceptors (Lipinski definition) is 2. The zero-order valence-electron chi connectivity index (χ0n) is 16.9. The number of carbonyl (C=O) groups excluding carboxylic acids is 2. The van der Waals surface area contributed by atoms with Crippen LogP contribution in [0.2, 0.25) is 0 Å². The van der Waals surface area contributed by atoms with E-state index in [-0.39, 0.29) is 47.6 Å². The molecule has 2 amide bonds. The molecule has 2 aromatic rings. The van der Waals surface area contributed by atoms with Crippen LogP contribution in [0.3, 0.4) is 0 Å². The van der Waals surface area contributed by atoms with Gasteiger partial charge in [-0.05, 0) is 43.2 Å². The molecule has 0 radical (unpaired) electrons. The summed E-state index contributed by atoms with van der Waals surface area (Å²) in [4.78, 5) is 26.3. The third-order valence-electron chi connectivity index (χ3n) is 6.38. The lowest BCUT2D eigenvalue weighted by Crippen LogP contribution is -2.45. The van der Waals surface area contributed by atoms with Gasteiger partial charge in [0, 0.05) is 0 Å². The van der Waals surface area contributed by atoms with E-state index in [4.69, 9.17) is 0 Å². The Bertz CT molecular complexity index is 820. The van der Waals surface area contributed by atoms with E-state index in [2.05, 4.69) is 22.8 Å². The van der Waals surface area contributed by atoms with Gasteiger partial charge in [0.2, 0.25) is 11.8 Å². The number of fused-ring (bicyclic) bond motifs is 2. The van der Waals surface area contributed by atoms with Crippen molar-refractivity contribution in [2.45, 2.75) is 32.4 Å². The summed E-state index contributed by atoms with van der Waals surface area (Å²) in [6, 6.07) is 19.7. The SMILES string of the molecule is CC(NC(=O)[C@H]1[C@H](C(=O)NC(C)c2ccccc2)[C@H]2C=C[C@@H]1C2)c1ccccc1. The van der Waals surface area contributed by atoms with Crippen molar-refractivity contribution in [2.24, 2.45) is 23.7 Å². The number of rotatable bonds is 6. The van der Waals surface area contributed by atoms with E-state index in [1.807, 2.05) is 74.5 Å². The second-order valence-corrected chi connectivity index (χ2v) is 8.28. The van der Waals surface area contributed by atoms with Crippen LogP contribution in [-0.4, -0.2) is 11.8 Å². The summed E-state index contributed by atoms with van der Waals surface area (Å²) in [7, 11) is 0. The molecule has 2 N–H and O–H groups in total. The third-order valence-corrected chi connectivity index (χ3v) is 6.38. The summed E-state index contributed by atoms with van der Waals surface area (Å²) in [5.41, 5.74) is 2.14. The lowest BCUT2D eigenvalue weighted by Gasteiger charge is -2.29. The average Bonchev–Trinajstić information content (AvgIpc) is 3.36. The summed E-state index contributed by atoms with van der Waals surface area (Å²) in [5, 5.41) is 6.28. The largest absolute Gasteiger partial charge is 0.349 e. The molecule has 6 atom stereocenters. The van der Waals surface area contributed by atoms with Gasteiger partial charge in [-0.1, -0.05) is 72.8 Å². The number of benzene rings is 2. The number of allylic oxidation sites excluding steroid dienone is 2. The predicted molar refractivity (Wildman–Crippen MR) is 114 cm³/mol. The summed E-state index contributed by atoms with van der Waals surface area (Å²) < 4.78 is 0. The maximum absolute atomic E-state index is 13.2. The number of amides is 2. The van der Waals surface area contributed by atoms with Crippen LogP contribution in [0.1, 0.15) is 43.5 Å². The van der Waals surface area contributed by atoms with Crippen LogP contribution in [0.15, 0.2) is 72.8 Å². The average molecular weight is 389 g/mol. The lowest BCUT2D eigenvalue weighted by atomic mass is 9.81. The normalized spacial score (nSPS) is 26.7. The molecular formula is C25H28N2O2. The molecule has 2 bridgehead atoms. The molecule has 150 valence electrons. The van der Waals surface area contributed by atoms with Crippen molar-refractivity contribution < 1.29 is 9.59 Å². The van der Waals surface area contributed by atoms with Crippen LogP contribution in [0.4, 0.5) is 0 Å². The highest BCUT2D eigenvalue weighted by molar-refractivity contribution is 5.90. The highest BCUT2D eigenvalue weighted by Gasteiger charge is 2.51. The van der Waals surface area contributed by atoms with Gasteiger partial charge in [-0.25, -0.2) is 0 Å². The zero-order valence-corrected chi connectivity index (χ0v) is 16.9. The molecule has 4 nitrogen and oxygen atoms in total. The Kier molecular flexibility index (Phi) is 5.52. The van der Waals surface area contributed by atoms with Gasteiger partial charge in [0.05, 0.1) is 23.9 Å². The summed E-state index contributed by atoms with van der Waals surface area (Å²) in [6.07, 6.45) is 5.12. The van der Waals surface area contributed by atoms with E-state index >= 15 is 0 Å². The standard InChI is InChI=1S/C25H28N2O2/c1-16(18-9-5-3-6-10-18)26-24(28)22-20-13-14-21(15-20)23(22)25(29)27-17(2)19-11-7-4-8-12-19/h3-14,16-17,20-23H,15H2,1-2H3,(H,26,28)(H,27,29)/t16?,17?,20-,21+,22-,23-/m1/s1. The maximum Gasteiger partial charge on any atom is 0.225 e. The molecule has 0 heterocycles. The Morgan fingerprint density at radius 2 is 1.10 bits per heavy atom. The first kappa shape index (κ1) is 19.4. The Balaban J connectivity index is 1.46. The van der Waals surface area contributed by atoms with Crippen molar-refractivity contribution in [3.63, 3.8) is 0 Å². The van der Waals surface area contributed by atoms with E-state index in [9.17, 15) is 9.59 Å². The molecule has 29 heavy (non-hydrogen) atoms. The quantitative estimate of drug-likeness (QED) is 0.730. The molecule has 2 unspecified atom stereocenters. The molecule has 2 aromatic carbocycles. The van der Waals surface area contributed by atoms with Crippen molar-refractivity contribution in [1.29, 1.82) is 0 Å². The fourth-order valence-corrected chi connectivity index (χ4v) is 4.81. The van der Waals surface area contributed by atoms with Crippen molar-refractivity contribution in [3.8, 4) is 0 Å². The van der Waals surface area contributed by atoms with Gasteiger partial charge in [0.15, 0.2) is 0 Å². The minimum absolute atomic E-state index is 0.0225. The fourth-order valence-electron chi connectivity index (χ4n) is 4.81. The van der Waals surface area contributed by atoms with Gasteiger partial charge in [-0.2, -0.15) is 0 Å². The Morgan fingerprint density at radius 3 is 1.48 bits per heavy atom. The summed E-state index contributed by atoms with van der Waals surface area (Å²) >= 11 is 0. The van der Waals surface area contributed by atoms with Gasteiger partial charge < -0.3 is 10.6 Å². The molecule has 2 aliphatic carbocycles. The molecule has 0 aromatic heterocycles. The van der Waals surface area contributed by atoms with Crippen LogP contribution in [-0.2, 0) is 9.59 Å². The van der Waals surface area contributed by atoms with Crippen LogP contribution in [0, 0.1) is 23.7 Å². The fraction of sp³-hybridized carbons (Fsp3) is 0.360. The molecular weight excluding hydrogens is 360 g/mol. The van der Waals surface area contributed by atoms with E-state index in [1.165, 1.54) is 0 Å². The third kappa shape index (κ3) is 3.98. The van der Waals surface area contributed by atoms with Crippen molar-refractivity contribution >= 4 is 11.8 Å². The van der Waals surface area contributed by atoms with E-state index in [1.54, 1.807) is 0 Å². The number of carbonyl (C=O) groups is 2. The molecule has 2 aliphatic rings. The maximum atomic E-state index is 13.2. The topological polar surface area (TPSA) is 58.2 Å². The Morgan fingerprint density at radius 1 is 0.724 bits per heavy atom. The highest BCUT2D eigenvalue weighted by Crippen LogP contribution is 2.48.